The van der Waals surface area contributed by atoms with Crippen molar-refractivity contribution in [2.75, 3.05) is 0 Å². The van der Waals surface area contributed by atoms with E-state index in [2.05, 4.69) is 19.1 Å². The molecule has 0 heterocycles. The Hall–Kier alpha value is -1.48. The third-order valence-corrected chi connectivity index (χ3v) is 6.23. The summed E-state index contributed by atoms with van der Waals surface area (Å²) in [5.41, 5.74) is 2.24. The van der Waals surface area contributed by atoms with Gasteiger partial charge in [0.1, 0.15) is 11.6 Å². The maximum atomic E-state index is 12.4. The molecular weight excluding hydrogens is 348 g/mol. The molecule has 2 rings (SSSR count). The maximum absolute atomic E-state index is 12.4. The Labute approximate surface area is 170 Å². The van der Waals surface area contributed by atoms with Crippen LogP contribution in [0.15, 0.2) is 24.3 Å². The van der Waals surface area contributed by atoms with E-state index in [9.17, 15) is 14.7 Å². The number of aliphatic hydroxyl groups is 1. The van der Waals surface area contributed by atoms with Crippen LogP contribution >= 0.6 is 0 Å². The van der Waals surface area contributed by atoms with Gasteiger partial charge in [-0.25, -0.2) is 0 Å². The van der Waals surface area contributed by atoms with Gasteiger partial charge in [-0.2, -0.15) is 0 Å². The predicted molar refractivity (Wildman–Crippen MR) is 114 cm³/mol. The van der Waals surface area contributed by atoms with Gasteiger partial charge >= 0.3 is 0 Å². The Morgan fingerprint density at radius 1 is 1.07 bits per heavy atom. The van der Waals surface area contributed by atoms with E-state index in [4.69, 9.17) is 0 Å². The van der Waals surface area contributed by atoms with Crippen molar-refractivity contribution in [3.05, 3.63) is 35.4 Å². The molecular formula is C25H38O3. The second-order valence-corrected chi connectivity index (χ2v) is 8.55. The Kier molecular flexibility index (Phi) is 9.91. The lowest BCUT2D eigenvalue weighted by Gasteiger charge is -2.20. The number of ketones is 2. The van der Waals surface area contributed by atoms with Crippen molar-refractivity contribution in [2.24, 2.45) is 5.92 Å². The molecule has 0 spiro atoms. The fraction of sp³-hybridized carbons (Fsp3) is 0.680. The highest BCUT2D eigenvalue weighted by Crippen LogP contribution is 2.40. The minimum absolute atomic E-state index is 0.146. The summed E-state index contributed by atoms with van der Waals surface area (Å²) in [6.45, 7) is 3.82. The SMILES string of the molecule is CCCCC[C@@H](O)c1ccc([C@H]2CCC(=O)[C@@H]2CCCCCCC(C)=O)cc1. The number of aliphatic hydroxyl groups excluding tert-OH is 1. The zero-order valence-corrected chi connectivity index (χ0v) is 17.8. The van der Waals surface area contributed by atoms with Crippen molar-refractivity contribution < 1.29 is 14.7 Å². The average Bonchev–Trinajstić information content (AvgIpc) is 3.05. The molecule has 1 aliphatic rings. The van der Waals surface area contributed by atoms with Gasteiger partial charge in [0.2, 0.25) is 0 Å². The van der Waals surface area contributed by atoms with Crippen molar-refractivity contribution in [1.29, 1.82) is 0 Å². The van der Waals surface area contributed by atoms with E-state index in [-0.39, 0.29) is 17.8 Å². The molecule has 0 bridgehead atoms. The molecule has 0 radical (unpaired) electrons. The van der Waals surface area contributed by atoms with Crippen LogP contribution in [-0.2, 0) is 9.59 Å². The second-order valence-electron chi connectivity index (χ2n) is 8.55. The van der Waals surface area contributed by atoms with Gasteiger partial charge < -0.3 is 9.90 Å². The standard InChI is InChI=1S/C25H38O3/c1-3-4-7-12-24(27)21-15-13-20(14-16-21)22-17-18-25(28)23(22)11-9-6-5-8-10-19(2)26/h13-16,22-24,27H,3-12,17-18H2,1-2H3/t22-,23-,24-/m1/s1. The summed E-state index contributed by atoms with van der Waals surface area (Å²) < 4.78 is 0. The van der Waals surface area contributed by atoms with Crippen LogP contribution in [0.25, 0.3) is 0 Å². The highest BCUT2D eigenvalue weighted by molar-refractivity contribution is 5.84. The number of carbonyl (C=O) groups is 2. The molecule has 0 unspecified atom stereocenters. The minimum Gasteiger partial charge on any atom is -0.388 e. The monoisotopic (exact) mass is 386 g/mol. The molecule has 1 aromatic carbocycles. The summed E-state index contributed by atoms with van der Waals surface area (Å²) in [7, 11) is 0. The van der Waals surface area contributed by atoms with Crippen LogP contribution in [0.5, 0.6) is 0 Å². The van der Waals surface area contributed by atoms with Gasteiger partial charge in [0, 0.05) is 18.8 Å². The Balaban J connectivity index is 1.84. The lowest BCUT2D eigenvalue weighted by atomic mass is 9.84. The van der Waals surface area contributed by atoms with Gasteiger partial charge in [-0.3, -0.25) is 4.79 Å². The molecule has 0 saturated heterocycles. The lowest BCUT2D eigenvalue weighted by Crippen LogP contribution is -2.13. The van der Waals surface area contributed by atoms with Crippen molar-refractivity contribution in [3.63, 3.8) is 0 Å². The lowest BCUT2D eigenvalue weighted by molar-refractivity contribution is -0.121. The van der Waals surface area contributed by atoms with Gasteiger partial charge in [0.15, 0.2) is 0 Å². The molecule has 0 aliphatic heterocycles. The van der Waals surface area contributed by atoms with E-state index >= 15 is 0 Å². The van der Waals surface area contributed by atoms with E-state index in [1.807, 2.05) is 12.1 Å². The largest absolute Gasteiger partial charge is 0.388 e. The molecule has 1 aliphatic carbocycles. The Morgan fingerprint density at radius 2 is 1.79 bits per heavy atom. The van der Waals surface area contributed by atoms with Gasteiger partial charge in [-0.05, 0) is 49.7 Å². The normalized spacial score (nSPS) is 20.5. The third kappa shape index (κ3) is 7.16. The number of hydrogen-bond donors (Lipinski definition) is 1. The molecule has 28 heavy (non-hydrogen) atoms. The third-order valence-electron chi connectivity index (χ3n) is 6.23. The highest BCUT2D eigenvalue weighted by atomic mass is 16.3. The van der Waals surface area contributed by atoms with E-state index in [1.165, 1.54) is 12.0 Å². The number of Topliss-reactive ketones (excluding diaryl/α,β-unsaturated/α-hetero) is 2. The van der Waals surface area contributed by atoms with E-state index in [0.29, 0.717) is 24.5 Å². The van der Waals surface area contributed by atoms with Crippen LogP contribution in [0.3, 0.4) is 0 Å². The zero-order valence-electron chi connectivity index (χ0n) is 17.8. The summed E-state index contributed by atoms with van der Waals surface area (Å²) >= 11 is 0. The smallest absolute Gasteiger partial charge is 0.136 e. The van der Waals surface area contributed by atoms with Crippen molar-refractivity contribution >= 4 is 11.6 Å². The summed E-state index contributed by atoms with van der Waals surface area (Å²) in [5.74, 6) is 1.16. The van der Waals surface area contributed by atoms with Crippen LogP contribution < -0.4 is 0 Å². The predicted octanol–water partition coefficient (Wildman–Crippen LogP) is 6.29. The summed E-state index contributed by atoms with van der Waals surface area (Å²) in [5, 5.41) is 10.3. The molecule has 3 atom stereocenters. The van der Waals surface area contributed by atoms with E-state index < -0.39 is 0 Å². The van der Waals surface area contributed by atoms with Crippen molar-refractivity contribution in [1.82, 2.24) is 0 Å². The van der Waals surface area contributed by atoms with Crippen molar-refractivity contribution in [3.8, 4) is 0 Å². The summed E-state index contributed by atoms with van der Waals surface area (Å²) in [6, 6.07) is 8.35. The first-order chi connectivity index (χ1) is 13.5. The van der Waals surface area contributed by atoms with E-state index in [0.717, 1.165) is 63.4 Å². The second kappa shape index (κ2) is 12.2. The summed E-state index contributed by atoms with van der Waals surface area (Å²) in [4.78, 5) is 23.4. The number of rotatable bonds is 13. The van der Waals surface area contributed by atoms with Crippen molar-refractivity contribution in [2.45, 2.75) is 103 Å². The number of unbranched alkanes of at least 4 members (excludes halogenated alkanes) is 5. The Morgan fingerprint density at radius 3 is 2.46 bits per heavy atom. The first-order valence-electron chi connectivity index (χ1n) is 11.3. The van der Waals surface area contributed by atoms with Crippen LogP contribution in [-0.4, -0.2) is 16.7 Å². The summed E-state index contributed by atoms with van der Waals surface area (Å²) in [6.07, 6.45) is 11.3. The molecule has 1 N–H and O–H groups in total. The first kappa shape index (κ1) is 22.8. The van der Waals surface area contributed by atoms with Gasteiger partial charge in [0.25, 0.3) is 0 Å². The topological polar surface area (TPSA) is 54.4 Å². The molecule has 0 amide bonds. The fourth-order valence-corrected chi connectivity index (χ4v) is 4.48. The number of carbonyl (C=O) groups excluding carboxylic acids is 2. The number of benzene rings is 1. The number of hydrogen-bond acceptors (Lipinski definition) is 3. The molecule has 156 valence electrons. The maximum Gasteiger partial charge on any atom is 0.136 e. The van der Waals surface area contributed by atoms with Gasteiger partial charge in [0.05, 0.1) is 6.10 Å². The van der Waals surface area contributed by atoms with Crippen LogP contribution in [0.1, 0.15) is 114 Å². The van der Waals surface area contributed by atoms with Crippen LogP contribution in [0.4, 0.5) is 0 Å². The average molecular weight is 387 g/mol. The fourth-order valence-electron chi connectivity index (χ4n) is 4.48. The quantitative estimate of drug-likeness (QED) is 0.405. The molecule has 1 aromatic rings. The van der Waals surface area contributed by atoms with E-state index in [1.54, 1.807) is 6.92 Å². The van der Waals surface area contributed by atoms with Gasteiger partial charge in [-0.15, -0.1) is 0 Å². The van der Waals surface area contributed by atoms with Crippen LogP contribution in [0, 0.1) is 5.92 Å². The molecule has 1 fully saturated rings. The Bertz CT molecular complexity index is 605. The first-order valence-corrected chi connectivity index (χ1v) is 11.3. The molecule has 0 aromatic heterocycles. The van der Waals surface area contributed by atoms with Gasteiger partial charge in [-0.1, -0.05) is 69.7 Å². The molecule has 3 heteroatoms. The molecule has 1 saturated carbocycles. The van der Waals surface area contributed by atoms with Crippen LogP contribution in [0.2, 0.25) is 0 Å². The highest BCUT2D eigenvalue weighted by Gasteiger charge is 2.34. The minimum atomic E-state index is -0.378. The zero-order chi connectivity index (χ0) is 20.4. The molecule has 3 nitrogen and oxygen atoms in total.